The molecule has 0 N–H and O–H groups in total. The lowest BCUT2D eigenvalue weighted by Gasteiger charge is -2.24. The molecule has 1 atom stereocenters. The van der Waals surface area contributed by atoms with Crippen molar-refractivity contribution in [1.82, 2.24) is 4.57 Å². The van der Waals surface area contributed by atoms with Crippen LogP contribution in [0.15, 0.2) is 69.6 Å². The van der Waals surface area contributed by atoms with Gasteiger partial charge < -0.3 is 14.2 Å². The highest BCUT2D eigenvalue weighted by atomic mass is 32.1. The summed E-state index contributed by atoms with van der Waals surface area (Å²) >= 11 is 1.14. The van der Waals surface area contributed by atoms with Gasteiger partial charge in [-0.05, 0) is 37.6 Å². The van der Waals surface area contributed by atoms with Crippen molar-refractivity contribution in [3.05, 3.63) is 90.6 Å². The van der Waals surface area contributed by atoms with Crippen LogP contribution in [-0.4, -0.2) is 29.1 Å². The van der Waals surface area contributed by atoms with Gasteiger partial charge in [0.2, 0.25) is 0 Å². The van der Waals surface area contributed by atoms with Crippen LogP contribution < -0.4 is 24.4 Å². The van der Waals surface area contributed by atoms with Crippen molar-refractivity contribution in [2.75, 3.05) is 6.61 Å². The molecule has 0 bridgehead atoms. The lowest BCUT2D eigenvalue weighted by atomic mass is 9.96. The number of allylic oxidation sites excluding steroid dienone is 1. The molecule has 1 aromatic heterocycles. The van der Waals surface area contributed by atoms with E-state index in [0.717, 1.165) is 16.9 Å². The first-order valence-corrected chi connectivity index (χ1v) is 12.3. The minimum Gasteiger partial charge on any atom is -0.463 e. The van der Waals surface area contributed by atoms with Crippen molar-refractivity contribution in [3.8, 4) is 11.5 Å². The van der Waals surface area contributed by atoms with E-state index in [-0.39, 0.29) is 23.7 Å². The van der Waals surface area contributed by atoms with E-state index in [2.05, 4.69) is 4.99 Å². The Labute approximate surface area is 215 Å². The summed E-state index contributed by atoms with van der Waals surface area (Å²) in [5.41, 5.74) is 1.54. The van der Waals surface area contributed by atoms with Crippen molar-refractivity contribution >= 4 is 35.3 Å². The Bertz CT molecular complexity index is 1600. The van der Waals surface area contributed by atoms with Crippen LogP contribution in [0.3, 0.4) is 0 Å². The zero-order valence-corrected chi connectivity index (χ0v) is 21.5. The SMILES string of the molecule is CCOC(=O)C1=C(C)N=c2s/c(=C\c3ccc(OC(C)=O)cc3OC(C)=O)c(=O)n2C1c1ccccc1. The van der Waals surface area contributed by atoms with Gasteiger partial charge in [0.05, 0.1) is 28.5 Å². The average molecular weight is 521 g/mol. The number of hydrogen-bond donors (Lipinski definition) is 0. The molecule has 1 aliphatic rings. The fraction of sp³-hybridized carbons (Fsp3) is 0.222. The number of rotatable bonds is 6. The van der Waals surface area contributed by atoms with Gasteiger partial charge in [-0.3, -0.25) is 19.0 Å². The molecule has 0 saturated carbocycles. The topological polar surface area (TPSA) is 113 Å². The molecular formula is C27H24N2O7S. The van der Waals surface area contributed by atoms with Gasteiger partial charge in [-0.2, -0.15) is 0 Å². The number of aromatic nitrogens is 1. The second-order valence-corrected chi connectivity index (χ2v) is 9.11. The third-order valence-corrected chi connectivity index (χ3v) is 6.40. The van der Waals surface area contributed by atoms with Crippen LogP contribution in [0.5, 0.6) is 11.5 Å². The van der Waals surface area contributed by atoms with E-state index in [1.54, 1.807) is 26.0 Å². The lowest BCUT2D eigenvalue weighted by Crippen LogP contribution is -2.39. The number of esters is 3. The average Bonchev–Trinajstić information content (AvgIpc) is 3.14. The maximum atomic E-state index is 13.7. The first kappa shape index (κ1) is 25.8. The zero-order chi connectivity index (χ0) is 26.7. The number of benzene rings is 2. The number of carbonyl (C=O) groups excluding carboxylic acids is 3. The van der Waals surface area contributed by atoms with Crippen molar-refractivity contribution in [3.63, 3.8) is 0 Å². The molecule has 10 heteroatoms. The molecule has 2 aromatic carbocycles. The zero-order valence-electron chi connectivity index (χ0n) is 20.6. The Morgan fingerprint density at radius 3 is 2.41 bits per heavy atom. The minimum atomic E-state index is -0.724. The second-order valence-electron chi connectivity index (χ2n) is 8.10. The Hall–Kier alpha value is -4.31. The van der Waals surface area contributed by atoms with E-state index in [1.807, 2.05) is 30.3 Å². The van der Waals surface area contributed by atoms with Gasteiger partial charge in [0.25, 0.3) is 5.56 Å². The summed E-state index contributed by atoms with van der Waals surface area (Å²) in [7, 11) is 0. The van der Waals surface area contributed by atoms with E-state index in [4.69, 9.17) is 14.2 Å². The summed E-state index contributed by atoms with van der Waals surface area (Å²) in [4.78, 5) is 54.6. The predicted octanol–water partition coefficient (Wildman–Crippen LogP) is 2.65. The molecule has 0 aliphatic carbocycles. The largest absolute Gasteiger partial charge is 0.463 e. The van der Waals surface area contributed by atoms with Crippen LogP contribution >= 0.6 is 11.3 Å². The second kappa shape index (κ2) is 10.8. The maximum absolute atomic E-state index is 13.7. The molecule has 9 nitrogen and oxygen atoms in total. The molecule has 0 saturated heterocycles. The van der Waals surface area contributed by atoms with Crippen molar-refractivity contribution in [2.24, 2.45) is 4.99 Å². The van der Waals surface area contributed by atoms with Crippen LogP contribution in [-0.2, 0) is 19.1 Å². The Morgan fingerprint density at radius 1 is 1.05 bits per heavy atom. The molecule has 2 heterocycles. The molecule has 4 rings (SSSR count). The summed E-state index contributed by atoms with van der Waals surface area (Å²) in [6.07, 6.45) is 1.57. The molecule has 1 unspecified atom stereocenters. The third kappa shape index (κ3) is 5.44. The standard InChI is InChI=1S/C27H24N2O7S/c1-5-34-26(33)23-15(2)28-27-29(24(23)18-9-7-6-8-10-18)25(32)22(37-27)13-19-11-12-20(35-16(3)30)14-21(19)36-17(4)31/h6-14,24H,5H2,1-4H3/b22-13-. The molecule has 0 amide bonds. The van der Waals surface area contributed by atoms with E-state index in [0.29, 0.717) is 26.2 Å². The molecule has 3 aromatic rings. The quantitative estimate of drug-likeness (QED) is 0.363. The smallest absolute Gasteiger partial charge is 0.338 e. The van der Waals surface area contributed by atoms with Gasteiger partial charge in [0.15, 0.2) is 4.80 Å². The molecule has 37 heavy (non-hydrogen) atoms. The van der Waals surface area contributed by atoms with E-state index < -0.39 is 23.9 Å². The lowest BCUT2D eigenvalue weighted by molar-refractivity contribution is -0.139. The fourth-order valence-corrected chi connectivity index (χ4v) is 5.03. The maximum Gasteiger partial charge on any atom is 0.338 e. The summed E-state index contributed by atoms with van der Waals surface area (Å²) in [6, 6.07) is 13.0. The monoisotopic (exact) mass is 520 g/mol. The Kier molecular flexibility index (Phi) is 7.49. The number of carbonyl (C=O) groups is 3. The highest BCUT2D eigenvalue weighted by Crippen LogP contribution is 2.31. The molecule has 0 radical (unpaired) electrons. The minimum absolute atomic E-state index is 0.125. The Morgan fingerprint density at radius 2 is 1.76 bits per heavy atom. The summed E-state index contributed by atoms with van der Waals surface area (Å²) in [5, 5.41) is 0. The highest BCUT2D eigenvalue weighted by molar-refractivity contribution is 7.07. The molecule has 0 spiro atoms. The number of nitrogens with zero attached hydrogens (tertiary/aromatic N) is 2. The molecular weight excluding hydrogens is 496 g/mol. The third-order valence-electron chi connectivity index (χ3n) is 5.42. The van der Waals surface area contributed by atoms with E-state index in [9.17, 15) is 19.2 Å². The molecule has 1 aliphatic heterocycles. The van der Waals surface area contributed by atoms with Crippen LogP contribution in [0, 0.1) is 0 Å². The van der Waals surface area contributed by atoms with Crippen molar-refractivity contribution in [1.29, 1.82) is 0 Å². The first-order valence-electron chi connectivity index (χ1n) is 11.4. The molecule has 190 valence electrons. The normalized spacial score (nSPS) is 15.0. The number of thiazole rings is 1. The van der Waals surface area contributed by atoms with Crippen LogP contribution in [0.1, 0.15) is 44.9 Å². The number of fused-ring (bicyclic) bond motifs is 1. The summed E-state index contributed by atoms with van der Waals surface area (Å²) in [5.74, 6) is -1.32. The van der Waals surface area contributed by atoms with Crippen LogP contribution in [0.4, 0.5) is 0 Å². The Balaban J connectivity index is 1.91. The van der Waals surface area contributed by atoms with Crippen molar-refractivity contribution in [2.45, 2.75) is 33.7 Å². The van der Waals surface area contributed by atoms with Gasteiger partial charge in [-0.1, -0.05) is 41.7 Å². The van der Waals surface area contributed by atoms with Crippen molar-refractivity contribution < 1.29 is 28.6 Å². The van der Waals surface area contributed by atoms with Crippen LogP contribution in [0.2, 0.25) is 0 Å². The van der Waals surface area contributed by atoms with Gasteiger partial charge in [0.1, 0.15) is 11.5 Å². The fourth-order valence-electron chi connectivity index (χ4n) is 3.99. The van der Waals surface area contributed by atoms with E-state index >= 15 is 0 Å². The first-order chi connectivity index (χ1) is 17.7. The summed E-state index contributed by atoms with van der Waals surface area (Å²) in [6.45, 7) is 6.12. The van der Waals surface area contributed by atoms with Gasteiger partial charge >= 0.3 is 17.9 Å². The molecule has 0 fully saturated rings. The highest BCUT2D eigenvalue weighted by Gasteiger charge is 2.33. The van der Waals surface area contributed by atoms with Gasteiger partial charge in [-0.25, -0.2) is 9.79 Å². The summed E-state index contributed by atoms with van der Waals surface area (Å²) < 4.78 is 17.5. The number of hydrogen-bond acceptors (Lipinski definition) is 9. The van der Waals surface area contributed by atoms with Crippen LogP contribution in [0.25, 0.3) is 6.08 Å². The van der Waals surface area contributed by atoms with Gasteiger partial charge in [-0.15, -0.1) is 0 Å². The number of ether oxygens (including phenoxy) is 3. The van der Waals surface area contributed by atoms with E-state index in [1.165, 1.54) is 30.5 Å². The predicted molar refractivity (Wildman–Crippen MR) is 136 cm³/mol. The van der Waals surface area contributed by atoms with Gasteiger partial charge in [0, 0.05) is 25.5 Å².